The van der Waals surface area contributed by atoms with Crippen molar-refractivity contribution in [2.75, 3.05) is 5.32 Å². The van der Waals surface area contributed by atoms with Crippen molar-refractivity contribution in [2.45, 2.75) is 39.2 Å². The molecule has 8 heteroatoms. The molecule has 1 saturated carbocycles. The molecule has 2 heterocycles. The zero-order chi connectivity index (χ0) is 24.5. The number of carbonyl (C=O) groups is 1. The van der Waals surface area contributed by atoms with Crippen molar-refractivity contribution in [3.8, 4) is 0 Å². The molecule has 1 amide bonds. The first-order chi connectivity index (χ1) is 15.5. The van der Waals surface area contributed by atoms with Crippen molar-refractivity contribution >= 4 is 28.2 Å². The third kappa shape index (κ3) is 5.02. The number of aromatic nitrogens is 2. The number of amides is 1. The molecule has 174 valence electrons. The van der Waals surface area contributed by atoms with Gasteiger partial charge in [0.15, 0.2) is 0 Å². The van der Waals surface area contributed by atoms with Gasteiger partial charge in [-0.25, -0.2) is 9.37 Å². The highest BCUT2D eigenvalue weighted by Gasteiger charge is 2.43. The Kier molecular flexibility index (Phi) is 6.81. The molecule has 0 aliphatic heterocycles. The molecule has 3 rings (SSSR count). The number of rotatable bonds is 7. The first-order valence-electron chi connectivity index (χ1n) is 10.6. The van der Waals surface area contributed by atoms with Crippen LogP contribution in [0.25, 0.3) is 16.5 Å². The van der Waals surface area contributed by atoms with E-state index in [0.717, 1.165) is 0 Å². The van der Waals surface area contributed by atoms with Gasteiger partial charge in [-0.05, 0) is 50.5 Å². The summed E-state index contributed by atoms with van der Waals surface area (Å²) in [6.07, 6.45) is 6.65. The summed E-state index contributed by atoms with van der Waals surface area (Å²) in [6, 6.07) is 3.28. The third-order valence-corrected chi connectivity index (χ3v) is 5.67. The number of anilines is 1. The fourth-order valence-corrected chi connectivity index (χ4v) is 3.66. The SMILES string of the molecule is C=C(/C=C(C)\C(=C/C)c1cc2cnc(NC(=O)C3CC3F)cc2n(C)c1=O)C(O)(O)/C=C/C. The average molecular weight is 454 g/mol. The molecule has 0 saturated heterocycles. The molecule has 33 heavy (non-hydrogen) atoms. The summed E-state index contributed by atoms with van der Waals surface area (Å²) in [4.78, 5) is 29.4. The maximum atomic E-state index is 13.2. The Morgan fingerprint density at radius 1 is 1.36 bits per heavy atom. The molecule has 3 N–H and O–H groups in total. The van der Waals surface area contributed by atoms with Crippen LogP contribution in [0.2, 0.25) is 0 Å². The monoisotopic (exact) mass is 453 g/mol. The van der Waals surface area contributed by atoms with Gasteiger partial charge in [0.05, 0.1) is 11.4 Å². The highest BCUT2D eigenvalue weighted by molar-refractivity contribution is 5.96. The molecular formula is C25H28FN3O4. The zero-order valence-electron chi connectivity index (χ0n) is 19.1. The van der Waals surface area contributed by atoms with Gasteiger partial charge in [-0.2, -0.15) is 0 Å². The van der Waals surface area contributed by atoms with Crippen LogP contribution in [-0.2, 0) is 11.8 Å². The summed E-state index contributed by atoms with van der Waals surface area (Å²) in [5.74, 6) is -3.01. The van der Waals surface area contributed by atoms with Gasteiger partial charge in [-0.15, -0.1) is 0 Å². The van der Waals surface area contributed by atoms with Gasteiger partial charge in [0.1, 0.15) is 12.0 Å². The zero-order valence-corrected chi connectivity index (χ0v) is 19.1. The molecule has 0 bridgehead atoms. The molecule has 2 atom stereocenters. The summed E-state index contributed by atoms with van der Waals surface area (Å²) >= 11 is 0. The van der Waals surface area contributed by atoms with Gasteiger partial charge in [0.25, 0.3) is 5.56 Å². The Balaban J connectivity index is 1.98. The topological polar surface area (TPSA) is 104 Å². The Hall–Kier alpha value is -3.36. The van der Waals surface area contributed by atoms with E-state index in [0.29, 0.717) is 27.6 Å². The van der Waals surface area contributed by atoms with Crippen molar-refractivity contribution in [3.63, 3.8) is 0 Å². The van der Waals surface area contributed by atoms with Crippen molar-refractivity contribution in [2.24, 2.45) is 13.0 Å². The maximum absolute atomic E-state index is 13.2. The minimum atomic E-state index is -2.20. The predicted molar refractivity (Wildman–Crippen MR) is 127 cm³/mol. The number of halogens is 1. The maximum Gasteiger partial charge on any atom is 0.258 e. The van der Waals surface area contributed by atoms with E-state index in [4.69, 9.17) is 0 Å². The molecular weight excluding hydrogens is 425 g/mol. The van der Waals surface area contributed by atoms with E-state index in [-0.39, 0.29) is 23.4 Å². The Morgan fingerprint density at radius 3 is 2.61 bits per heavy atom. The Labute approximate surface area is 191 Å². The van der Waals surface area contributed by atoms with Crippen LogP contribution < -0.4 is 10.9 Å². The van der Waals surface area contributed by atoms with E-state index in [9.17, 15) is 24.2 Å². The lowest BCUT2D eigenvalue weighted by Gasteiger charge is -2.19. The fourth-order valence-electron chi connectivity index (χ4n) is 3.66. The molecule has 0 spiro atoms. The number of hydrogen-bond acceptors (Lipinski definition) is 5. The van der Waals surface area contributed by atoms with Crippen LogP contribution in [0.3, 0.4) is 0 Å². The van der Waals surface area contributed by atoms with Gasteiger partial charge in [0, 0.05) is 35.8 Å². The second-order valence-electron chi connectivity index (χ2n) is 8.18. The van der Waals surface area contributed by atoms with E-state index in [2.05, 4.69) is 16.9 Å². The average Bonchev–Trinajstić information content (AvgIpc) is 3.49. The van der Waals surface area contributed by atoms with Crippen LogP contribution in [0.5, 0.6) is 0 Å². The summed E-state index contributed by atoms with van der Waals surface area (Å²) in [7, 11) is 1.61. The van der Waals surface area contributed by atoms with Crippen LogP contribution in [-0.4, -0.2) is 37.6 Å². The fraction of sp³-hybridized carbons (Fsp3) is 0.320. The summed E-state index contributed by atoms with van der Waals surface area (Å²) in [5.41, 5.74) is 1.96. The minimum absolute atomic E-state index is 0.0586. The van der Waals surface area contributed by atoms with E-state index >= 15 is 0 Å². The Bertz CT molecular complexity index is 1270. The van der Waals surface area contributed by atoms with Crippen LogP contribution in [0.4, 0.5) is 10.2 Å². The predicted octanol–water partition coefficient (Wildman–Crippen LogP) is 3.39. The number of pyridine rings is 2. The highest BCUT2D eigenvalue weighted by Crippen LogP contribution is 2.34. The van der Waals surface area contributed by atoms with E-state index in [1.807, 2.05) is 0 Å². The van der Waals surface area contributed by atoms with Gasteiger partial charge in [-0.3, -0.25) is 9.59 Å². The van der Waals surface area contributed by atoms with Gasteiger partial charge in [0.2, 0.25) is 11.7 Å². The summed E-state index contributed by atoms with van der Waals surface area (Å²) in [6.45, 7) is 8.93. The number of nitrogens with one attached hydrogen (secondary N) is 1. The smallest absolute Gasteiger partial charge is 0.258 e. The molecule has 0 radical (unpaired) electrons. The van der Waals surface area contributed by atoms with E-state index in [1.165, 1.54) is 29.0 Å². The number of hydrogen-bond donors (Lipinski definition) is 3. The molecule has 2 unspecified atom stereocenters. The van der Waals surface area contributed by atoms with E-state index < -0.39 is 23.8 Å². The van der Waals surface area contributed by atoms with Crippen LogP contribution in [0.15, 0.2) is 65.2 Å². The third-order valence-electron chi connectivity index (χ3n) is 5.67. The summed E-state index contributed by atoms with van der Waals surface area (Å²) < 4.78 is 14.6. The van der Waals surface area contributed by atoms with Crippen molar-refractivity contribution in [1.29, 1.82) is 0 Å². The number of aliphatic hydroxyl groups is 2. The lowest BCUT2D eigenvalue weighted by molar-refractivity contribution is -0.117. The van der Waals surface area contributed by atoms with Gasteiger partial charge < -0.3 is 20.1 Å². The molecule has 0 aromatic carbocycles. The van der Waals surface area contributed by atoms with Gasteiger partial charge >= 0.3 is 0 Å². The highest BCUT2D eigenvalue weighted by atomic mass is 19.1. The first kappa shape index (κ1) is 24.3. The van der Waals surface area contributed by atoms with Crippen LogP contribution in [0.1, 0.15) is 32.8 Å². The number of alkyl halides is 1. The Morgan fingerprint density at radius 2 is 2.03 bits per heavy atom. The molecule has 2 aromatic rings. The number of carbonyl (C=O) groups excluding carboxylic acids is 1. The molecule has 7 nitrogen and oxygen atoms in total. The second-order valence-corrected chi connectivity index (χ2v) is 8.18. The van der Waals surface area contributed by atoms with Crippen LogP contribution in [0, 0.1) is 5.92 Å². The number of nitrogens with zero attached hydrogens (tertiary/aromatic N) is 2. The lowest BCUT2D eigenvalue weighted by atomic mass is 9.95. The number of allylic oxidation sites excluding steroid dienone is 4. The number of fused-ring (bicyclic) bond motifs is 1. The van der Waals surface area contributed by atoms with Crippen molar-refractivity contribution in [1.82, 2.24) is 9.55 Å². The molecule has 1 aliphatic carbocycles. The minimum Gasteiger partial charge on any atom is -0.359 e. The number of aryl methyl sites for hydroxylation is 1. The lowest BCUT2D eigenvalue weighted by Crippen LogP contribution is -2.26. The van der Waals surface area contributed by atoms with E-state index in [1.54, 1.807) is 46.0 Å². The van der Waals surface area contributed by atoms with Crippen LogP contribution >= 0.6 is 0 Å². The molecule has 2 aromatic heterocycles. The normalized spacial score (nSPS) is 19.2. The summed E-state index contributed by atoms with van der Waals surface area (Å²) in [5, 5.41) is 23.5. The van der Waals surface area contributed by atoms with Gasteiger partial charge in [-0.1, -0.05) is 24.8 Å². The quantitative estimate of drug-likeness (QED) is 0.339. The molecule has 1 fully saturated rings. The van der Waals surface area contributed by atoms with Crippen molar-refractivity contribution in [3.05, 3.63) is 76.3 Å². The van der Waals surface area contributed by atoms with Crippen molar-refractivity contribution < 1.29 is 19.4 Å². The standard InChI is InChI=1S/C25H28FN3O4/c1-6-8-25(32,33)15(4)9-14(3)17(7-2)18-10-16-13-27-22(12-21(16)29(5)24(18)31)28-23(30)19-11-20(19)26/h6-10,12-13,19-20,32-33H,4,11H2,1-3,5H3,(H,27,28,30)/b8-6+,14-9-,17-7+. The first-order valence-corrected chi connectivity index (χ1v) is 10.6. The molecule has 1 aliphatic rings. The second kappa shape index (κ2) is 9.25. The largest absolute Gasteiger partial charge is 0.359 e.